The number of hydrogen-bond donors (Lipinski definition) is 2. The van der Waals surface area contributed by atoms with Crippen LogP contribution in [0.1, 0.15) is 32.8 Å². The molecule has 2 N–H and O–H groups in total. The number of rotatable bonds is 7. The summed E-state index contributed by atoms with van der Waals surface area (Å²) >= 11 is 0. The van der Waals surface area contributed by atoms with Gasteiger partial charge < -0.3 is 15.1 Å². The summed E-state index contributed by atoms with van der Waals surface area (Å²) in [6, 6.07) is 6.44. The molecule has 0 saturated carbocycles. The largest absolute Gasteiger partial charge is 0.508 e. The first kappa shape index (κ1) is 16.0. The lowest BCUT2D eigenvalue weighted by molar-refractivity contribution is -0.156. The number of aromatic hydroxyl groups is 1. The minimum atomic E-state index is -1.24. The molecular formula is C15H21NO4. The average molecular weight is 279 g/mol. The first-order valence-corrected chi connectivity index (χ1v) is 6.56. The van der Waals surface area contributed by atoms with Crippen LogP contribution in [0.2, 0.25) is 0 Å². The molecule has 0 aromatic heterocycles. The number of phenolic OH excluding ortho intramolecular Hbond substituents is 1. The van der Waals surface area contributed by atoms with E-state index in [0.29, 0.717) is 19.3 Å². The Morgan fingerprint density at radius 1 is 1.35 bits per heavy atom. The quantitative estimate of drug-likeness (QED) is 0.749. The van der Waals surface area contributed by atoms with Gasteiger partial charge in [-0.3, -0.25) is 4.79 Å². The molecule has 110 valence electrons. The Kier molecular flexibility index (Phi) is 5.13. The molecule has 0 spiro atoms. The predicted molar refractivity (Wildman–Crippen MR) is 75.5 cm³/mol. The maximum absolute atomic E-state index is 11.6. The molecule has 0 radical (unpaired) electrons. The number of phenols is 1. The highest BCUT2D eigenvalue weighted by Crippen LogP contribution is 2.24. The third-order valence-corrected chi connectivity index (χ3v) is 3.54. The molecule has 1 aromatic carbocycles. The topological polar surface area (TPSA) is 77.8 Å². The molecule has 20 heavy (non-hydrogen) atoms. The van der Waals surface area contributed by atoms with Crippen molar-refractivity contribution in [1.82, 2.24) is 4.90 Å². The Hall–Kier alpha value is -2.04. The minimum Gasteiger partial charge on any atom is -0.508 e. The van der Waals surface area contributed by atoms with Crippen molar-refractivity contribution in [2.45, 2.75) is 45.2 Å². The van der Waals surface area contributed by atoms with E-state index in [1.54, 1.807) is 45.0 Å². The molecule has 0 aliphatic heterocycles. The number of carbonyl (C=O) groups is 2. The summed E-state index contributed by atoms with van der Waals surface area (Å²) in [6.45, 7) is 5.14. The number of nitrogens with zero attached hydrogens (tertiary/aromatic N) is 1. The number of carboxylic acid groups (broad SMARTS) is 1. The summed E-state index contributed by atoms with van der Waals surface area (Å²) in [7, 11) is 0. The average Bonchev–Trinajstić information content (AvgIpc) is 2.38. The number of hydrogen-bond acceptors (Lipinski definition) is 3. The van der Waals surface area contributed by atoms with Gasteiger partial charge in [0, 0.05) is 6.04 Å². The zero-order valence-corrected chi connectivity index (χ0v) is 12.0. The lowest BCUT2D eigenvalue weighted by Gasteiger charge is -2.38. The van der Waals surface area contributed by atoms with E-state index >= 15 is 0 Å². The maximum atomic E-state index is 11.6. The van der Waals surface area contributed by atoms with Gasteiger partial charge in [0.05, 0.1) is 0 Å². The van der Waals surface area contributed by atoms with Gasteiger partial charge >= 0.3 is 5.97 Å². The number of aliphatic carboxylic acids is 1. The van der Waals surface area contributed by atoms with Gasteiger partial charge in [0.2, 0.25) is 6.41 Å². The number of carbonyl (C=O) groups excluding carboxylic acids is 1. The highest BCUT2D eigenvalue weighted by Gasteiger charge is 2.39. The van der Waals surface area contributed by atoms with Crippen LogP contribution in [0.5, 0.6) is 5.75 Å². The van der Waals surface area contributed by atoms with Gasteiger partial charge in [0.25, 0.3) is 0 Å². The molecule has 1 aromatic rings. The minimum absolute atomic E-state index is 0.173. The van der Waals surface area contributed by atoms with Gasteiger partial charge in [0.15, 0.2) is 0 Å². The molecular weight excluding hydrogens is 258 g/mol. The fourth-order valence-corrected chi connectivity index (χ4v) is 2.20. The SMILES string of the molecule is CC(C)N(C=O)C(C)(CCc1ccc(O)cc1)C(=O)O. The Balaban J connectivity index is 2.89. The summed E-state index contributed by atoms with van der Waals surface area (Å²) in [5.41, 5.74) is -0.321. The summed E-state index contributed by atoms with van der Waals surface area (Å²) in [5.74, 6) is -0.844. The Morgan fingerprint density at radius 2 is 1.90 bits per heavy atom. The smallest absolute Gasteiger partial charge is 0.329 e. The van der Waals surface area contributed by atoms with E-state index in [4.69, 9.17) is 0 Å². The lowest BCUT2D eigenvalue weighted by Crippen LogP contribution is -2.55. The fourth-order valence-electron chi connectivity index (χ4n) is 2.20. The maximum Gasteiger partial charge on any atom is 0.329 e. The summed E-state index contributed by atoms with van der Waals surface area (Å²) in [4.78, 5) is 24.1. The van der Waals surface area contributed by atoms with E-state index in [0.717, 1.165) is 5.56 Å². The molecule has 1 atom stereocenters. The molecule has 1 rings (SSSR count). The van der Waals surface area contributed by atoms with Crippen molar-refractivity contribution in [2.75, 3.05) is 0 Å². The van der Waals surface area contributed by atoms with E-state index in [1.165, 1.54) is 4.90 Å². The second-order valence-electron chi connectivity index (χ2n) is 5.35. The molecule has 0 fully saturated rings. The predicted octanol–water partition coefficient (Wildman–Crippen LogP) is 2.03. The number of amides is 1. The van der Waals surface area contributed by atoms with Crippen LogP contribution in [0.4, 0.5) is 0 Å². The van der Waals surface area contributed by atoms with Crippen molar-refractivity contribution < 1.29 is 19.8 Å². The van der Waals surface area contributed by atoms with Crippen LogP contribution in [0.3, 0.4) is 0 Å². The summed E-state index contributed by atoms with van der Waals surface area (Å²) in [6.07, 6.45) is 1.42. The van der Waals surface area contributed by atoms with Crippen molar-refractivity contribution in [1.29, 1.82) is 0 Å². The van der Waals surface area contributed by atoms with Crippen LogP contribution >= 0.6 is 0 Å². The van der Waals surface area contributed by atoms with E-state index in [2.05, 4.69) is 0 Å². The van der Waals surface area contributed by atoms with Crippen LogP contribution in [-0.2, 0) is 16.0 Å². The van der Waals surface area contributed by atoms with Crippen LogP contribution in [0.15, 0.2) is 24.3 Å². The lowest BCUT2D eigenvalue weighted by atomic mass is 9.90. The van der Waals surface area contributed by atoms with Crippen LogP contribution in [0.25, 0.3) is 0 Å². The molecule has 1 amide bonds. The van der Waals surface area contributed by atoms with Crippen LogP contribution in [0, 0.1) is 0 Å². The second-order valence-corrected chi connectivity index (χ2v) is 5.35. The highest BCUT2D eigenvalue weighted by atomic mass is 16.4. The van der Waals surface area contributed by atoms with Crippen LogP contribution in [-0.4, -0.2) is 39.1 Å². The second kappa shape index (κ2) is 6.41. The van der Waals surface area contributed by atoms with Crippen molar-refractivity contribution >= 4 is 12.4 Å². The molecule has 0 bridgehead atoms. The van der Waals surface area contributed by atoms with Gasteiger partial charge in [-0.2, -0.15) is 0 Å². The molecule has 0 saturated heterocycles. The van der Waals surface area contributed by atoms with Crippen molar-refractivity contribution in [3.8, 4) is 5.75 Å². The van der Waals surface area contributed by atoms with E-state index in [9.17, 15) is 19.8 Å². The Labute approximate surface area is 118 Å². The van der Waals surface area contributed by atoms with Gasteiger partial charge in [-0.05, 0) is 51.3 Å². The molecule has 0 aliphatic rings. The normalized spacial score (nSPS) is 13.8. The first-order chi connectivity index (χ1) is 9.31. The van der Waals surface area contributed by atoms with Gasteiger partial charge in [0.1, 0.15) is 11.3 Å². The Morgan fingerprint density at radius 3 is 2.30 bits per heavy atom. The van der Waals surface area contributed by atoms with Crippen molar-refractivity contribution in [3.63, 3.8) is 0 Å². The number of carboxylic acids is 1. The highest BCUT2D eigenvalue weighted by molar-refractivity contribution is 5.81. The van der Waals surface area contributed by atoms with Crippen molar-refractivity contribution in [3.05, 3.63) is 29.8 Å². The van der Waals surface area contributed by atoms with Crippen molar-refractivity contribution in [2.24, 2.45) is 0 Å². The zero-order chi connectivity index (χ0) is 15.3. The molecule has 5 nitrogen and oxygen atoms in total. The zero-order valence-electron chi connectivity index (χ0n) is 12.0. The molecule has 0 heterocycles. The number of aryl methyl sites for hydroxylation is 1. The van der Waals surface area contributed by atoms with E-state index in [-0.39, 0.29) is 11.8 Å². The van der Waals surface area contributed by atoms with E-state index in [1.807, 2.05) is 0 Å². The van der Waals surface area contributed by atoms with E-state index < -0.39 is 11.5 Å². The molecule has 0 aliphatic carbocycles. The van der Waals surface area contributed by atoms with Crippen LogP contribution < -0.4 is 0 Å². The van der Waals surface area contributed by atoms with Gasteiger partial charge in [-0.1, -0.05) is 12.1 Å². The Bertz CT molecular complexity index is 469. The monoisotopic (exact) mass is 279 g/mol. The van der Waals surface area contributed by atoms with Gasteiger partial charge in [-0.25, -0.2) is 4.79 Å². The molecule has 1 unspecified atom stereocenters. The standard InChI is InChI=1S/C15H21NO4/c1-11(2)16(10-17)15(3,14(19)20)9-8-12-4-6-13(18)7-5-12/h4-7,10-11,18H,8-9H2,1-3H3,(H,19,20). The number of benzene rings is 1. The fraction of sp³-hybridized carbons (Fsp3) is 0.467. The summed E-state index contributed by atoms with van der Waals surface area (Å²) in [5, 5.41) is 18.7. The first-order valence-electron chi connectivity index (χ1n) is 6.56. The molecule has 5 heteroatoms. The third kappa shape index (κ3) is 3.50. The van der Waals surface area contributed by atoms with Gasteiger partial charge in [-0.15, -0.1) is 0 Å². The third-order valence-electron chi connectivity index (χ3n) is 3.54. The summed E-state index contributed by atoms with van der Waals surface area (Å²) < 4.78 is 0.